The van der Waals surface area contributed by atoms with E-state index < -0.39 is 0 Å². The minimum Gasteiger partial charge on any atom is -0.351 e. The van der Waals surface area contributed by atoms with Gasteiger partial charge in [0.05, 0.1) is 0 Å². The second kappa shape index (κ2) is 7.95. The number of hydrogen-bond acceptors (Lipinski definition) is 1. The SMILES string of the molecule is O=C(NCCc1cc(Cl)cc(Cl)c1)N1CCC(n2cccc2)CC1. The number of likely N-dealkylation sites (tertiary alicyclic amines) is 1. The number of urea groups is 1. The van der Waals surface area contributed by atoms with Crippen molar-refractivity contribution < 1.29 is 4.79 Å². The third-order valence-electron chi connectivity index (χ3n) is 4.41. The lowest BCUT2D eigenvalue weighted by atomic mass is 10.1. The molecule has 1 fully saturated rings. The fourth-order valence-electron chi connectivity index (χ4n) is 3.14. The molecule has 0 saturated carbocycles. The van der Waals surface area contributed by atoms with Crippen molar-refractivity contribution in [3.8, 4) is 0 Å². The molecule has 4 nitrogen and oxygen atoms in total. The molecule has 6 heteroatoms. The monoisotopic (exact) mass is 365 g/mol. The predicted octanol–water partition coefficient (Wildman–Crippen LogP) is 4.38. The molecule has 1 N–H and O–H groups in total. The molecule has 0 spiro atoms. The van der Waals surface area contributed by atoms with Crippen molar-refractivity contribution in [1.82, 2.24) is 14.8 Å². The van der Waals surface area contributed by atoms with Gasteiger partial charge in [0.2, 0.25) is 0 Å². The lowest BCUT2D eigenvalue weighted by molar-refractivity contribution is 0.172. The summed E-state index contributed by atoms with van der Waals surface area (Å²) >= 11 is 12.0. The summed E-state index contributed by atoms with van der Waals surface area (Å²) in [6, 6.07) is 10.1. The summed E-state index contributed by atoms with van der Waals surface area (Å²) in [5, 5.41) is 4.23. The standard InChI is InChI=1S/C18H21Cl2N3O/c19-15-11-14(12-16(20)13-15)3-6-21-18(24)23-9-4-17(5-10-23)22-7-1-2-8-22/h1-2,7-8,11-13,17H,3-6,9-10H2,(H,21,24). The van der Waals surface area contributed by atoms with E-state index in [0.29, 0.717) is 29.1 Å². The van der Waals surface area contributed by atoms with Crippen molar-refractivity contribution in [3.05, 3.63) is 58.3 Å². The van der Waals surface area contributed by atoms with Crippen LogP contribution in [-0.4, -0.2) is 35.1 Å². The number of benzene rings is 1. The Morgan fingerprint density at radius 1 is 1.08 bits per heavy atom. The Bertz CT molecular complexity index is 659. The fourth-order valence-corrected chi connectivity index (χ4v) is 3.71. The molecule has 1 aliphatic heterocycles. The lowest BCUT2D eigenvalue weighted by Crippen LogP contribution is -2.45. The predicted molar refractivity (Wildman–Crippen MR) is 97.8 cm³/mol. The summed E-state index contributed by atoms with van der Waals surface area (Å²) in [5.41, 5.74) is 1.03. The largest absolute Gasteiger partial charge is 0.351 e. The first-order chi connectivity index (χ1) is 11.6. The molecule has 2 heterocycles. The molecule has 2 amide bonds. The number of nitrogens with one attached hydrogen (secondary N) is 1. The van der Waals surface area contributed by atoms with Crippen molar-refractivity contribution in [2.24, 2.45) is 0 Å². The van der Waals surface area contributed by atoms with Crippen LogP contribution in [0.1, 0.15) is 24.4 Å². The van der Waals surface area contributed by atoms with Crippen LogP contribution >= 0.6 is 23.2 Å². The molecule has 24 heavy (non-hydrogen) atoms. The molecular formula is C18H21Cl2N3O. The molecule has 0 atom stereocenters. The highest BCUT2D eigenvalue weighted by Crippen LogP contribution is 2.22. The zero-order valence-corrected chi connectivity index (χ0v) is 14.9. The summed E-state index contributed by atoms with van der Waals surface area (Å²) in [7, 11) is 0. The van der Waals surface area contributed by atoms with Gasteiger partial charge in [-0.05, 0) is 55.2 Å². The van der Waals surface area contributed by atoms with Crippen LogP contribution in [0.4, 0.5) is 4.79 Å². The molecule has 0 unspecified atom stereocenters. The number of halogens is 2. The second-order valence-corrected chi connectivity index (χ2v) is 6.98. The van der Waals surface area contributed by atoms with Gasteiger partial charge >= 0.3 is 6.03 Å². The molecule has 2 aromatic rings. The van der Waals surface area contributed by atoms with E-state index >= 15 is 0 Å². The van der Waals surface area contributed by atoms with Crippen LogP contribution in [0.2, 0.25) is 10.0 Å². The van der Waals surface area contributed by atoms with Gasteiger partial charge < -0.3 is 14.8 Å². The Morgan fingerprint density at radius 3 is 2.33 bits per heavy atom. The first-order valence-corrected chi connectivity index (χ1v) is 8.97. The van der Waals surface area contributed by atoms with E-state index in [1.807, 2.05) is 29.2 Å². The summed E-state index contributed by atoms with van der Waals surface area (Å²) in [6.45, 7) is 2.16. The van der Waals surface area contributed by atoms with Gasteiger partial charge in [-0.15, -0.1) is 0 Å². The first-order valence-electron chi connectivity index (χ1n) is 8.22. The van der Waals surface area contributed by atoms with E-state index in [9.17, 15) is 4.79 Å². The maximum atomic E-state index is 12.3. The third-order valence-corrected chi connectivity index (χ3v) is 4.85. The topological polar surface area (TPSA) is 37.3 Å². The quantitative estimate of drug-likeness (QED) is 0.857. The molecule has 1 aliphatic rings. The smallest absolute Gasteiger partial charge is 0.317 e. The third kappa shape index (κ3) is 4.46. The molecule has 1 saturated heterocycles. The van der Waals surface area contributed by atoms with E-state index in [-0.39, 0.29) is 6.03 Å². The first kappa shape index (κ1) is 17.2. The van der Waals surface area contributed by atoms with Crippen molar-refractivity contribution in [2.75, 3.05) is 19.6 Å². The molecule has 128 valence electrons. The van der Waals surface area contributed by atoms with Gasteiger partial charge in [0.1, 0.15) is 0 Å². The van der Waals surface area contributed by atoms with E-state index in [1.165, 1.54) is 0 Å². The van der Waals surface area contributed by atoms with Crippen LogP contribution in [0.25, 0.3) is 0 Å². The number of hydrogen-bond donors (Lipinski definition) is 1. The molecule has 3 rings (SSSR count). The molecule has 1 aromatic heterocycles. The van der Waals surface area contributed by atoms with Gasteiger partial charge in [-0.3, -0.25) is 0 Å². The Balaban J connectivity index is 1.43. The van der Waals surface area contributed by atoms with Crippen LogP contribution in [-0.2, 0) is 6.42 Å². The zero-order valence-electron chi connectivity index (χ0n) is 13.4. The van der Waals surface area contributed by atoms with Gasteiger partial charge in [0.25, 0.3) is 0 Å². The number of aromatic nitrogens is 1. The molecule has 0 radical (unpaired) electrons. The Kier molecular flexibility index (Phi) is 5.69. The van der Waals surface area contributed by atoms with E-state index in [4.69, 9.17) is 23.2 Å². The summed E-state index contributed by atoms with van der Waals surface area (Å²) in [5.74, 6) is 0. The Hall–Kier alpha value is -1.65. The average Bonchev–Trinajstić information content (AvgIpc) is 3.08. The minimum absolute atomic E-state index is 0.00841. The van der Waals surface area contributed by atoms with Crippen LogP contribution in [0, 0.1) is 0 Å². The van der Waals surface area contributed by atoms with E-state index in [0.717, 1.165) is 31.5 Å². The second-order valence-electron chi connectivity index (χ2n) is 6.11. The number of carbonyl (C=O) groups excluding carboxylic acids is 1. The highest BCUT2D eigenvalue weighted by Gasteiger charge is 2.22. The maximum Gasteiger partial charge on any atom is 0.317 e. The zero-order chi connectivity index (χ0) is 16.9. The summed E-state index contributed by atoms with van der Waals surface area (Å²) < 4.78 is 2.23. The van der Waals surface area contributed by atoms with Crippen LogP contribution in [0.15, 0.2) is 42.7 Å². The maximum absolute atomic E-state index is 12.3. The number of piperidine rings is 1. The molecule has 0 bridgehead atoms. The van der Waals surface area contributed by atoms with Crippen LogP contribution in [0.3, 0.4) is 0 Å². The van der Waals surface area contributed by atoms with Crippen molar-refractivity contribution in [3.63, 3.8) is 0 Å². The summed E-state index contributed by atoms with van der Waals surface area (Å²) in [4.78, 5) is 14.2. The highest BCUT2D eigenvalue weighted by atomic mass is 35.5. The van der Waals surface area contributed by atoms with Crippen LogP contribution in [0.5, 0.6) is 0 Å². The van der Waals surface area contributed by atoms with Gasteiger partial charge in [-0.1, -0.05) is 23.2 Å². The van der Waals surface area contributed by atoms with Gasteiger partial charge in [0.15, 0.2) is 0 Å². The molecular weight excluding hydrogens is 345 g/mol. The highest BCUT2D eigenvalue weighted by molar-refractivity contribution is 6.34. The number of carbonyl (C=O) groups is 1. The number of amides is 2. The fraction of sp³-hybridized carbons (Fsp3) is 0.389. The lowest BCUT2D eigenvalue weighted by Gasteiger charge is -2.32. The number of nitrogens with zero attached hydrogens (tertiary/aromatic N) is 2. The van der Waals surface area contributed by atoms with Gasteiger partial charge in [-0.2, -0.15) is 0 Å². The van der Waals surface area contributed by atoms with Gasteiger partial charge in [-0.25, -0.2) is 4.79 Å². The van der Waals surface area contributed by atoms with Crippen molar-refractivity contribution >= 4 is 29.2 Å². The van der Waals surface area contributed by atoms with Crippen LogP contribution < -0.4 is 5.32 Å². The Morgan fingerprint density at radius 2 is 1.71 bits per heavy atom. The van der Waals surface area contributed by atoms with E-state index in [1.54, 1.807) is 6.07 Å². The average molecular weight is 366 g/mol. The van der Waals surface area contributed by atoms with E-state index in [2.05, 4.69) is 22.3 Å². The summed E-state index contributed by atoms with van der Waals surface area (Å²) in [6.07, 6.45) is 6.89. The molecule has 1 aromatic carbocycles. The van der Waals surface area contributed by atoms with Crippen molar-refractivity contribution in [2.45, 2.75) is 25.3 Å². The van der Waals surface area contributed by atoms with Crippen molar-refractivity contribution in [1.29, 1.82) is 0 Å². The normalized spacial score (nSPS) is 15.5. The number of rotatable bonds is 4. The minimum atomic E-state index is 0.00841. The Labute approximate surface area is 152 Å². The van der Waals surface area contributed by atoms with Gasteiger partial charge in [0, 0.05) is 48.1 Å². The molecule has 0 aliphatic carbocycles.